The molecule has 0 aromatic carbocycles. The Balaban J connectivity index is 2.82. The lowest BCUT2D eigenvalue weighted by Crippen LogP contribution is -2.13. The number of rotatable bonds is 5. The van der Waals surface area contributed by atoms with E-state index in [9.17, 15) is 4.79 Å². The van der Waals surface area contributed by atoms with E-state index in [1.54, 1.807) is 13.0 Å². The monoisotopic (exact) mass is 211 g/mol. The maximum absolute atomic E-state index is 11.5. The minimum atomic E-state index is -0.302. The first kappa shape index (κ1) is 11.8. The van der Waals surface area contributed by atoms with Crippen molar-refractivity contribution < 1.29 is 14.6 Å². The quantitative estimate of drug-likeness (QED) is 0.748. The molecule has 1 N–H and O–H groups in total. The predicted molar refractivity (Wildman–Crippen MR) is 56.8 cm³/mol. The first-order valence-corrected chi connectivity index (χ1v) is 5.14. The summed E-state index contributed by atoms with van der Waals surface area (Å²) in [5.41, 5.74) is 1.56. The molecule has 1 heterocycles. The minimum Gasteiger partial charge on any atom is -0.461 e. The van der Waals surface area contributed by atoms with Crippen molar-refractivity contribution in [1.82, 2.24) is 4.57 Å². The Morgan fingerprint density at radius 2 is 2.27 bits per heavy atom. The van der Waals surface area contributed by atoms with Gasteiger partial charge in [0.05, 0.1) is 6.61 Å². The van der Waals surface area contributed by atoms with Crippen molar-refractivity contribution in [2.24, 2.45) is 0 Å². The van der Waals surface area contributed by atoms with Crippen LogP contribution >= 0.6 is 0 Å². The summed E-state index contributed by atoms with van der Waals surface area (Å²) in [6, 6.07) is 3.63. The summed E-state index contributed by atoms with van der Waals surface area (Å²) in [4.78, 5) is 11.5. The smallest absolute Gasteiger partial charge is 0.354 e. The first-order valence-electron chi connectivity index (χ1n) is 5.14. The normalized spacial score (nSPS) is 10.3. The molecule has 1 aromatic rings. The number of carbonyl (C=O) groups excluding carboxylic acids is 1. The van der Waals surface area contributed by atoms with Gasteiger partial charge >= 0.3 is 5.97 Å². The van der Waals surface area contributed by atoms with Crippen LogP contribution in [0.2, 0.25) is 0 Å². The Morgan fingerprint density at radius 3 is 2.87 bits per heavy atom. The van der Waals surface area contributed by atoms with E-state index < -0.39 is 0 Å². The number of aliphatic hydroxyl groups excluding tert-OH is 1. The van der Waals surface area contributed by atoms with Crippen molar-refractivity contribution in [3.8, 4) is 0 Å². The van der Waals surface area contributed by atoms with Crippen molar-refractivity contribution in [2.75, 3.05) is 13.2 Å². The fraction of sp³-hybridized carbons (Fsp3) is 0.545. The van der Waals surface area contributed by atoms with Gasteiger partial charge in [-0.2, -0.15) is 0 Å². The van der Waals surface area contributed by atoms with E-state index in [0.29, 0.717) is 25.3 Å². The van der Waals surface area contributed by atoms with E-state index >= 15 is 0 Å². The molecule has 0 aliphatic carbocycles. The minimum absolute atomic E-state index is 0.125. The van der Waals surface area contributed by atoms with E-state index in [2.05, 4.69) is 0 Å². The molecule has 0 radical (unpaired) electrons. The van der Waals surface area contributed by atoms with Crippen molar-refractivity contribution in [3.63, 3.8) is 0 Å². The van der Waals surface area contributed by atoms with Crippen LogP contribution in [-0.4, -0.2) is 28.9 Å². The van der Waals surface area contributed by atoms with Crippen LogP contribution in [0.15, 0.2) is 12.1 Å². The zero-order valence-electron chi connectivity index (χ0n) is 9.19. The van der Waals surface area contributed by atoms with Crippen molar-refractivity contribution in [2.45, 2.75) is 26.8 Å². The third-order valence-corrected chi connectivity index (χ3v) is 2.22. The number of ether oxygens (including phenoxy) is 1. The van der Waals surface area contributed by atoms with Crippen LogP contribution in [0.5, 0.6) is 0 Å². The molecule has 1 rings (SSSR count). The highest BCUT2D eigenvalue weighted by Crippen LogP contribution is 2.10. The van der Waals surface area contributed by atoms with E-state index in [0.717, 1.165) is 5.69 Å². The molecule has 4 nitrogen and oxygen atoms in total. The lowest BCUT2D eigenvalue weighted by Gasteiger charge is -2.09. The summed E-state index contributed by atoms with van der Waals surface area (Å²) < 4.78 is 6.81. The van der Waals surface area contributed by atoms with Crippen LogP contribution < -0.4 is 0 Å². The number of aliphatic hydroxyl groups is 1. The molecule has 0 fully saturated rings. The van der Waals surface area contributed by atoms with E-state index in [4.69, 9.17) is 9.84 Å². The summed E-state index contributed by atoms with van der Waals surface area (Å²) in [7, 11) is 0. The van der Waals surface area contributed by atoms with Crippen LogP contribution in [0.3, 0.4) is 0 Å². The summed E-state index contributed by atoms with van der Waals surface area (Å²) in [5, 5.41) is 8.76. The van der Waals surface area contributed by atoms with Crippen LogP contribution in [0.1, 0.15) is 29.5 Å². The van der Waals surface area contributed by atoms with Crippen LogP contribution in [0.4, 0.5) is 0 Å². The lowest BCUT2D eigenvalue weighted by molar-refractivity contribution is 0.0512. The largest absolute Gasteiger partial charge is 0.461 e. The van der Waals surface area contributed by atoms with Gasteiger partial charge in [-0.3, -0.25) is 0 Å². The second kappa shape index (κ2) is 5.56. The Kier molecular flexibility index (Phi) is 4.37. The van der Waals surface area contributed by atoms with Gasteiger partial charge in [0.1, 0.15) is 5.69 Å². The van der Waals surface area contributed by atoms with Crippen LogP contribution in [0.25, 0.3) is 0 Å². The standard InChI is InChI=1S/C11H17NO3/c1-3-15-11(14)10-6-5-9(2)12(10)7-4-8-13/h5-6,13H,3-4,7-8H2,1-2H3. The maximum atomic E-state index is 11.5. The number of hydrogen-bond acceptors (Lipinski definition) is 3. The zero-order chi connectivity index (χ0) is 11.3. The van der Waals surface area contributed by atoms with Crippen LogP contribution in [-0.2, 0) is 11.3 Å². The Hall–Kier alpha value is -1.29. The van der Waals surface area contributed by atoms with E-state index in [1.165, 1.54) is 0 Å². The average molecular weight is 211 g/mol. The highest BCUT2D eigenvalue weighted by molar-refractivity contribution is 5.87. The SMILES string of the molecule is CCOC(=O)c1ccc(C)n1CCCO. The number of carbonyl (C=O) groups is 1. The molecule has 0 aliphatic rings. The van der Waals surface area contributed by atoms with Gasteiger partial charge in [-0.05, 0) is 32.4 Å². The molecule has 0 bridgehead atoms. The predicted octanol–water partition coefficient (Wildman–Crippen LogP) is 1.36. The van der Waals surface area contributed by atoms with Gasteiger partial charge in [0.25, 0.3) is 0 Å². The van der Waals surface area contributed by atoms with E-state index in [1.807, 2.05) is 17.6 Å². The number of hydrogen-bond donors (Lipinski definition) is 1. The second-order valence-electron chi connectivity index (χ2n) is 3.31. The fourth-order valence-electron chi connectivity index (χ4n) is 1.48. The van der Waals surface area contributed by atoms with Crippen molar-refractivity contribution in [3.05, 3.63) is 23.5 Å². The molecule has 0 saturated carbocycles. The third kappa shape index (κ3) is 2.83. The third-order valence-electron chi connectivity index (χ3n) is 2.22. The molecule has 0 aliphatic heterocycles. The Bertz CT molecular complexity index is 331. The van der Waals surface area contributed by atoms with Gasteiger partial charge in [0, 0.05) is 18.8 Å². The summed E-state index contributed by atoms with van der Waals surface area (Å²) in [6.07, 6.45) is 0.641. The van der Waals surface area contributed by atoms with Crippen molar-refractivity contribution in [1.29, 1.82) is 0 Å². The topological polar surface area (TPSA) is 51.5 Å². The van der Waals surface area contributed by atoms with Gasteiger partial charge in [0.2, 0.25) is 0 Å². The number of aromatic nitrogens is 1. The van der Waals surface area contributed by atoms with Gasteiger partial charge in [-0.25, -0.2) is 4.79 Å². The second-order valence-corrected chi connectivity index (χ2v) is 3.31. The molecule has 4 heteroatoms. The molecule has 0 unspecified atom stereocenters. The average Bonchev–Trinajstić information content (AvgIpc) is 2.57. The van der Waals surface area contributed by atoms with Crippen molar-refractivity contribution >= 4 is 5.97 Å². The highest BCUT2D eigenvalue weighted by atomic mass is 16.5. The Morgan fingerprint density at radius 1 is 1.53 bits per heavy atom. The van der Waals surface area contributed by atoms with Gasteiger partial charge in [-0.15, -0.1) is 0 Å². The number of nitrogens with zero attached hydrogens (tertiary/aromatic N) is 1. The molecule has 0 amide bonds. The summed E-state index contributed by atoms with van der Waals surface area (Å²) in [6.45, 7) is 4.86. The van der Waals surface area contributed by atoms with Gasteiger partial charge in [0.15, 0.2) is 0 Å². The molecule has 15 heavy (non-hydrogen) atoms. The summed E-state index contributed by atoms with van der Waals surface area (Å²) in [5.74, 6) is -0.302. The molecule has 84 valence electrons. The Labute approximate surface area is 89.5 Å². The molecular formula is C11H17NO3. The van der Waals surface area contributed by atoms with Gasteiger partial charge in [-0.1, -0.05) is 0 Å². The lowest BCUT2D eigenvalue weighted by atomic mass is 10.4. The molecule has 0 spiro atoms. The van der Waals surface area contributed by atoms with Crippen LogP contribution in [0, 0.1) is 6.92 Å². The van der Waals surface area contributed by atoms with Gasteiger partial charge < -0.3 is 14.4 Å². The highest BCUT2D eigenvalue weighted by Gasteiger charge is 2.13. The first-order chi connectivity index (χ1) is 7.20. The zero-order valence-corrected chi connectivity index (χ0v) is 9.19. The molecule has 0 saturated heterocycles. The molecular weight excluding hydrogens is 194 g/mol. The summed E-state index contributed by atoms with van der Waals surface area (Å²) >= 11 is 0. The maximum Gasteiger partial charge on any atom is 0.354 e. The fourth-order valence-corrected chi connectivity index (χ4v) is 1.48. The number of esters is 1. The molecule has 1 aromatic heterocycles. The number of aryl methyl sites for hydroxylation is 1. The molecule has 0 atom stereocenters. The van der Waals surface area contributed by atoms with E-state index in [-0.39, 0.29) is 12.6 Å².